The van der Waals surface area contributed by atoms with Crippen LogP contribution in [0.1, 0.15) is 16.1 Å². The Morgan fingerprint density at radius 2 is 2.24 bits per heavy atom. The lowest BCUT2D eigenvalue weighted by Crippen LogP contribution is -2.24. The van der Waals surface area contributed by atoms with Gasteiger partial charge in [0.05, 0.1) is 17.8 Å². The molecule has 1 heterocycles. The highest BCUT2D eigenvalue weighted by molar-refractivity contribution is 9.10. The number of ether oxygens (including phenoxy) is 1. The van der Waals surface area contributed by atoms with Gasteiger partial charge in [0.2, 0.25) is 0 Å². The molecule has 1 amide bonds. The molecule has 8 heteroatoms. The molecule has 0 spiro atoms. The Labute approximate surface area is 128 Å². The minimum absolute atomic E-state index is 0.0283. The zero-order valence-electron chi connectivity index (χ0n) is 11.0. The van der Waals surface area contributed by atoms with Crippen LogP contribution in [0.5, 0.6) is 5.75 Å². The van der Waals surface area contributed by atoms with Crippen molar-refractivity contribution in [3.05, 3.63) is 46.2 Å². The number of carbonyl (C=O) groups is 1. The molecule has 1 aromatic carbocycles. The smallest absolute Gasteiger partial charge is 0.387 e. The summed E-state index contributed by atoms with van der Waals surface area (Å²) in [6, 6.07) is 6.00. The Morgan fingerprint density at radius 1 is 1.48 bits per heavy atom. The minimum atomic E-state index is -2.99. The minimum Gasteiger partial charge on any atom is -0.434 e. The van der Waals surface area contributed by atoms with Crippen LogP contribution in [-0.2, 0) is 13.6 Å². The molecule has 0 aliphatic rings. The lowest BCUT2D eigenvalue weighted by Gasteiger charge is -2.11. The van der Waals surface area contributed by atoms with Gasteiger partial charge in [-0.3, -0.25) is 9.48 Å². The van der Waals surface area contributed by atoms with Crippen molar-refractivity contribution in [1.29, 1.82) is 0 Å². The second-order valence-corrected chi connectivity index (χ2v) is 5.10. The van der Waals surface area contributed by atoms with Crippen molar-refractivity contribution in [3.63, 3.8) is 0 Å². The van der Waals surface area contributed by atoms with Crippen LogP contribution in [0.2, 0.25) is 0 Å². The van der Waals surface area contributed by atoms with E-state index in [0.29, 0.717) is 10.2 Å². The molecule has 0 unspecified atom stereocenters. The number of benzene rings is 1. The van der Waals surface area contributed by atoms with Gasteiger partial charge in [0, 0.05) is 17.7 Å². The number of halogens is 3. The number of aryl methyl sites for hydroxylation is 1. The first-order chi connectivity index (χ1) is 9.95. The van der Waals surface area contributed by atoms with Gasteiger partial charge in [0.15, 0.2) is 0 Å². The topological polar surface area (TPSA) is 56.2 Å². The molecular formula is C13H12BrF2N3O2. The SMILES string of the molecule is Cn1ccc(CNC(=O)c2cc(Br)ccc2OC(F)F)n1. The Morgan fingerprint density at radius 3 is 2.86 bits per heavy atom. The number of nitrogens with zero attached hydrogens (tertiary/aromatic N) is 2. The average molecular weight is 360 g/mol. The number of alkyl halides is 2. The summed E-state index contributed by atoms with van der Waals surface area (Å²) in [6.45, 7) is -2.80. The standard InChI is InChI=1S/C13H12BrF2N3O2/c1-19-5-4-9(18-19)7-17-12(20)10-6-8(14)2-3-11(10)21-13(15)16/h2-6,13H,7H2,1H3,(H,17,20). The predicted molar refractivity (Wildman–Crippen MR) is 75.2 cm³/mol. The average Bonchev–Trinajstić information content (AvgIpc) is 2.83. The highest BCUT2D eigenvalue weighted by Gasteiger charge is 2.16. The Kier molecular flexibility index (Phi) is 4.89. The van der Waals surface area contributed by atoms with Gasteiger partial charge in [-0.2, -0.15) is 13.9 Å². The first-order valence-electron chi connectivity index (χ1n) is 5.97. The third-order valence-corrected chi connectivity index (χ3v) is 3.09. The number of nitrogens with one attached hydrogen (secondary N) is 1. The molecule has 0 saturated carbocycles. The zero-order valence-corrected chi connectivity index (χ0v) is 12.6. The lowest BCUT2D eigenvalue weighted by atomic mass is 10.2. The van der Waals surface area contributed by atoms with E-state index in [4.69, 9.17) is 0 Å². The number of amides is 1. The van der Waals surface area contributed by atoms with Crippen LogP contribution in [0.25, 0.3) is 0 Å². The van der Waals surface area contributed by atoms with Crippen molar-refractivity contribution in [3.8, 4) is 5.75 Å². The second-order valence-electron chi connectivity index (χ2n) is 4.18. The Hall–Kier alpha value is -1.96. The van der Waals surface area contributed by atoms with Gasteiger partial charge >= 0.3 is 6.61 Å². The van der Waals surface area contributed by atoms with E-state index in [-0.39, 0.29) is 17.9 Å². The van der Waals surface area contributed by atoms with Gasteiger partial charge in [-0.1, -0.05) is 15.9 Å². The summed E-state index contributed by atoms with van der Waals surface area (Å²) in [6.07, 6.45) is 1.74. The Balaban J connectivity index is 2.12. The summed E-state index contributed by atoms with van der Waals surface area (Å²) in [7, 11) is 1.76. The molecule has 1 aromatic heterocycles. The first-order valence-corrected chi connectivity index (χ1v) is 6.76. The van der Waals surface area contributed by atoms with Crippen LogP contribution >= 0.6 is 15.9 Å². The van der Waals surface area contributed by atoms with E-state index in [2.05, 4.69) is 31.1 Å². The molecule has 2 aromatic rings. The number of aromatic nitrogens is 2. The van der Waals surface area contributed by atoms with Crippen molar-refractivity contribution in [2.75, 3.05) is 0 Å². The molecular weight excluding hydrogens is 348 g/mol. The summed E-state index contributed by atoms with van der Waals surface area (Å²) < 4.78 is 31.2. The van der Waals surface area contributed by atoms with E-state index in [1.54, 1.807) is 24.0 Å². The van der Waals surface area contributed by atoms with Crippen LogP contribution < -0.4 is 10.1 Å². The number of hydrogen-bond acceptors (Lipinski definition) is 3. The van der Waals surface area contributed by atoms with E-state index < -0.39 is 12.5 Å². The summed E-state index contributed by atoms with van der Waals surface area (Å²) in [5.41, 5.74) is 0.692. The highest BCUT2D eigenvalue weighted by atomic mass is 79.9. The third-order valence-electron chi connectivity index (χ3n) is 2.60. The molecule has 0 fully saturated rings. The molecule has 0 bridgehead atoms. The molecule has 112 valence electrons. The fourth-order valence-corrected chi connectivity index (χ4v) is 2.06. The van der Waals surface area contributed by atoms with E-state index in [1.165, 1.54) is 18.2 Å². The van der Waals surface area contributed by atoms with Crippen LogP contribution in [0.3, 0.4) is 0 Å². The quantitative estimate of drug-likeness (QED) is 0.892. The maximum atomic E-state index is 12.3. The van der Waals surface area contributed by atoms with Crippen LogP contribution in [0, 0.1) is 0 Å². The van der Waals surface area contributed by atoms with Gasteiger partial charge in [-0.05, 0) is 24.3 Å². The monoisotopic (exact) mass is 359 g/mol. The molecule has 0 saturated heterocycles. The van der Waals surface area contributed by atoms with Crippen LogP contribution in [-0.4, -0.2) is 22.3 Å². The second kappa shape index (κ2) is 6.66. The van der Waals surface area contributed by atoms with E-state index in [1.807, 2.05) is 0 Å². The molecule has 1 N–H and O–H groups in total. The molecule has 0 radical (unpaired) electrons. The number of hydrogen-bond donors (Lipinski definition) is 1. The molecule has 0 atom stereocenters. The highest BCUT2D eigenvalue weighted by Crippen LogP contribution is 2.24. The molecule has 0 aliphatic carbocycles. The zero-order chi connectivity index (χ0) is 15.4. The first kappa shape index (κ1) is 15.4. The lowest BCUT2D eigenvalue weighted by molar-refractivity contribution is -0.0501. The summed E-state index contributed by atoms with van der Waals surface area (Å²) in [4.78, 5) is 12.1. The maximum Gasteiger partial charge on any atom is 0.387 e. The van der Waals surface area contributed by atoms with Gasteiger partial charge in [0.1, 0.15) is 5.75 Å². The van der Waals surface area contributed by atoms with E-state index in [0.717, 1.165) is 0 Å². The van der Waals surface area contributed by atoms with Crippen molar-refractivity contribution in [2.45, 2.75) is 13.2 Å². The fourth-order valence-electron chi connectivity index (χ4n) is 1.70. The van der Waals surface area contributed by atoms with Gasteiger partial charge in [-0.15, -0.1) is 0 Å². The summed E-state index contributed by atoms with van der Waals surface area (Å²) in [5, 5.41) is 6.72. The molecule has 0 aliphatic heterocycles. The maximum absolute atomic E-state index is 12.3. The van der Waals surface area contributed by atoms with E-state index in [9.17, 15) is 13.6 Å². The van der Waals surface area contributed by atoms with Gasteiger partial charge in [0.25, 0.3) is 5.91 Å². The Bertz CT molecular complexity index is 646. The van der Waals surface area contributed by atoms with E-state index >= 15 is 0 Å². The largest absolute Gasteiger partial charge is 0.434 e. The number of carbonyl (C=O) groups excluding carboxylic acids is 1. The van der Waals surface area contributed by atoms with Crippen molar-refractivity contribution in [1.82, 2.24) is 15.1 Å². The molecule has 2 rings (SSSR count). The van der Waals surface area contributed by atoms with Gasteiger partial charge in [-0.25, -0.2) is 0 Å². The van der Waals surface area contributed by atoms with Crippen molar-refractivity contribution >= 4 is 21.8 Å². The fraction of sp³-hybridized carbons (Fsp3) is 0.231. The van der Waals surface area contributed by atoms with Gasteiger partial charge < -0.3 is 10.1 Å². The summed E-state index contributed by atoms with van der Waals surface area (Å²) >= 11 is 3.19. The molecule has 5 nitrogen and oxygen atoms in total. The summed E-state index contributed by atoms with van der Waals surface area (Å²) in [5.74, 6) is -0.690. The molecule has 21 heavy (non-hydrogen) atoms. The van der Waals surface area contributed by atoms with Crippen molar-refractivity contribution < 1.29 is 18.3 Å². The van der Waals surface area contributed by atoms with Crippen LogP contribution in [0.15, 0.2) is 34.9 Å². The van der Waals surface area contributed by atoms with Crippen molar-refractivity contribution in [2.24, 2.45) is 7.05 Å². The number of rotatable bonds is 5. The predicted octanol–water partition coefficient (Wildman–Crippen LogP) is 2.71. The third kappa shape index (κ3) is 4.25. The van der Waals surface area contributed by atoms with Crippen LogP contribution in [0.4, 0.5) is 8.78 Å². The normalized spacial score (nSPS) is 10.7.